The standard InChI is InChI=1S/C35H25Cl2F5N2O6/c1-3-14-4-6-15(7-5-14)43-30(46)19-11-10-17-20(22(19)31(43)47)13-34(36)32(48)44(29-27(41)25(39)24(38)26(40)28(29)42)33(49)35(34,37)23(17)18-9-8-16(50-2)12-21(18)45/h4-10,12,19-20,22-23,45H,3,11,13H2,1-2H3. The van der Waals surface area contributed by atoms with Crippen molar-refractivity contribution in [2.45, 2.75) is 41.9 Å². The average Bonchev–Trinajstić information content (AvgIpc) is 3.44. The van der Waals surface area contributed by atoms with Crippen molar-refractivity contribution >= 4 is 58.2 Å². The second-order valence-electron chi connectivity index (χ2n) is 12.6. The molecule has 0 spiro atoms. The van der Waals surface area contributed by atoms with Crippen LogP contribution >= 0.6 is 23.2 Å². The number of ether oxygens (including phenoxy) is 1. The number of carbonyl (C=O) groups is 4. The molecule has 2 aliphatic carbocycles. The van der Waals surface area contributed by atoms with E-state index in [9.17, 15) is 37.5 Å². The molecule has 0 radical (unpaired) electrons. The van der Waals surface area contributed by atoms with Crippen LogP contribution in [0.15, 0.2) is 54.1 Å². The van der Waals surface area contributed by atoms with Crippen molar-refractivity contribution in [2.24, 2.45) is 17.8 Å². The van der Waals surface area contributed by atoms with Crippen LogP contribution in [0.25, 0.3) is 0 Å². The van der Waals surface area contributed by atoms with Crippen LogP contribution in [0.4, 0.5) is 33.3 Å². The normalized spacial score (nSPS) is 28.9. The van der Waals surface area contributed by atoms with Crippen LogP contribution in [0.2, 0.25) is 0 Å². The van der Waals surface area contributed by atoms with Gasteiger partial charge in [0.15, 0.2) is 33.0 Å². The highest BCUT2D eigenvalue weighted by atomic mass is 35.5. The highest BCUT2D eigenvalue weighted by molar-refractivity contribution is 6.58. The van der Waals surface area contributed by atoms with E-state index in [-0.39, 0.29) is 28.2 Å². The number of allylic oxidation sites excluding steroid dienone is 2. The largest absolute Gasteiger partial charge is 0.508 e. The molecule has 3 aromatic carbocycles. The molecule has 260 valence electrons. The summed E-state index contributed by atoms with van der Waals surface area (Å²) in [5, 5.41) is 11.2. The predicted octanol–water partition coefficient (Wildman–Crippen LogP) is 6.43. The van der Waals surface area contributed by atoms with Gasteiger partial charge in [0.05, 0.1) is 24.6 Å². The number of anilines is 2. The summed E-state index contributed by atoms with van der Waals surface area (Å²) in [6, 6.07) is 10.6. The fourth-order valence-corrected chi connectivity index (χ4v) is 8.87. The van der Waals surface area contributed by atoms with E-state index < -0.39 is 104 Å². The Balaban J connectivity index is 1.42. The Hall–Kier alpha value is -4.49. The van der Waals surface area contributed by atoms with Crippen LogP contribution in [0, 0.1) is 46.8 Å². The van der Waals surface area contributed by atoms with Gasteiger partial charge < -0.3 is 9.84 Å². The van der Waals surface area contributed by atoms with Gasteiger partial charge in [-0.1, -0.05) is 36.8 Å². The molecule has 8 nitrogen and oxygen atoms in total. The minimum atomic E-state index is -2.76. The monoisotopic (exact) mass is 734 g/mol. The Morgan fingerprint density at radius 3 is 2.04 bits per heavy atom. The Labute approximate surface area is 291 Å². The zero-order chi connectivity index (χ0) is 36.2. The summed E-state index contributed by atoms with van der Waals surface area (Å²) in [5.41, 5.74) is -0.543. The fraction of sp³-hybridized carbons (Fsp3) is 0.314. The number of carbonyl (C=O) groups excluding carboxylic acids is 4. The van der Waals surface area contributed by atoms with Gasteiger partial charge in [-0.25, -0.2) is 26.9 Å². The molecule has 6 atom stereocenters. The van der Waals surface area contributed by atoms with E-state index >= 15 is 8.78 Å². The first kappa shape index (κ1) is 34.0. The molecule has 0 aromatic heterocycles. The number of imide groups is 2. The number of amides is 4. The summed E-state index contributed by atoms with van der Waals surface area (Å²) in [6.07, 6.45) is 1.56. The number of fused-ring (bicyclic) bond motifs is 4. The van der Waals surface area contributed by atoms with Crippen molar-refractivity contribution in [1.82, 2.24) is 0 Å². The van der Waals surface area contributed by atoms with Gasteiger partial charge in [-0.2, -0.15) is 0 Å². The Kier molecular flexibility index (Phi) is 7.83. The second-order valence-corrected chi connectivity index (χ2v) is 13.9. The van der Waals surface area contributed by atoms with Crippen LogP contribution in [0.1, 0.15) is 36.8 Å². The van der Waals surface area contributed by atoms with Crippen LogP contribution in [-0.2, 0) is 25.6 Å². The number of nitrogens with zero attached hydrogens (tertiary/aromatic N) is 2. The van der Waals surface area contributed by atoms with E-state index in [1.54, 1.807) is 30.3 Å². The van der Waals surface area contributed by atoms with E-state index in [0.717, 1.165) is 16.5 Å². The smallest absolute Gasteiger partial charge is 0.258 e. The van der Waals surface area contributed by atoms with Gasteiger partial charge >= 0.3 is 0 Å². The van der Waals surface area contributed by atoms with Gasteiger partial charge in [-0.15, -0.1) is 23.2 Å². The number of halogens is 7. The summed E-state index contributed by atoms with van der Waals surface area (Å²) in [6.45, 7) is 1.93. The molecule has 4 amide bonds. The van der Waals surface area contributed by atoms with Crippen LogP contribution in [-0.4, -0.2) is 45.6 Å². The van der Waals surface area contributed by atoms with Crippen molar-refractivity contribution in [3.63, 3.8) is 0 Å². The third kappa shape index (κ3) is 4.28. The van der Waals surface area contributed by atoms with Crippen molar-refractivity contribution in [3.8, 4) is 11.5 Å². The van der Waals surface area contributed by atoms with E-state index in [4.69, 9.17) is 27.9 Å². The molecule has 4 aliphatic rings. The van der Waals surface area contributed by atoms with E-state index in [2.05, 4.69) is 0 Å². The third-order valence-corrected chi connectivity index (χ3v) is 11.8. The molecule has 3 fully saturated rings. The predicted molar refractivity (Wildman–Crippen MR) is 169 cm³/mol. The number of methoxy groups -OCH3 is 1. The van der Waals surface area contributed by atoms with E-state index in [1.807, 2.05) is 6.92 Å². The first-order chi connectivity index (χ1) is 23.6. The molecule has 3 aromatic rings. The minimum Gasteiger partial charge on any atom is -0.508 e. The molecule has 1 N–H and O–H groups in total. The van der Waals surface area contributed by atoms with Gasteiger partial charge in [0.25, 0.3) is 11.8 Å². The highest BCUT2D eigenvalue weighted by Crippen LogP contribution is 2.67. The molecule has 7 rings (SSSR count). The maximum absolute atomic E-state index is 15.2. The van der Waals surface area contributed by atoms with Crippen molar-refractivity contribution < 1.29 is 51.0 Å². The van der Waals surface area contributed by atoms with Crippen molar-refractivity contribution in [3.05, 3.63) is 94.3 Å². The average molecular weight is 735 g/mol. The van der Waals surface area contributed by atoms with E-state index in [0.29, 0.717) is 12.1 Å². The molecular weight excluding hydrogens is 710 g/mol. The Morgan fingerprint density at radius 2 is 1.46 bits per heavy atom. The molecular formula is C35H25Cl2F5N2O6. The van der Waals surface area contributed by atoms with Crippen LogP contribution in [0.5, 0.6) is 11.5 Å². The molecule has 1 saturated carbocycles. The van der Waals surface area contributed by atoms with Gasteiger partial charge in [-0.3, -0.25) is 24.1 Å². The van der Waals surface area contributed by atoms with Gasteiger partial charge in [0.2, 0.25) is 17.6 Å². The summed E-state index contributed by atoms with van der Waals surface area (Å²) in [7, 11) is 1.31. The molecule has 2 aliphatic heterocycles. The number of phenols is 1. The van der Waals surface area contributed by atoms with Crippen LogP contribution < -0.4 is 14.5 Å². The molecule has 15 heteroatoms. The highest BCUT2D eigenvalue weighted by Gasteiger charge is 2.77. The second kappa shape index (κ2) is 11.5. The lowest BCUT2D eigenvalue weighted by Gasteiger charge is -2.50. The number of phenolic OH excluding ortho intramolecular Hbond substituents is 1. The lowest BCUT2D eigenvalue weighted by Crippen LogP contribution is -2.60. The summed E-state index contributed by atoms with van der Waals surface area (Å²) in [5.74, 6) is -22.0. The molecule has 0 bridgehead atoms. The van der Waals surface area contributed by atoms with Crippen LogP contribution in [0.3, 0.4) is 0 Å². The number of alkyl halides is 2. The molecule has 50 heavy (non-hydrogen) atoms. The fourth-order valence-electron chi connectivity index (χ4n) is 7.94. The van der Waals surface area contributed by atoms with Gasteiger partial charge in [0.1, 0.15) is 17.2 Å². The number of aromatic hydroxyl groups is 1. The maximum atomic E-state index is 15.2. The quantitative estimate of drug-likeness (QED) is 0.0810. The zero-order valence-corrected chi connectivity index (χ0v) is 27.6. The first-order valence-electron chi connectivity index (χ1n) is 15.5. The number of hydrogen-bond donors (Lipinski definition) is 1. The van der Waals surface area contributed by atoms with Gasteiger partial charge in [0, 0.05) is 17.5 Å². The Bertz CT molecular complexity index is 2050. The first-order valence-corrected chi connectivity index (χ1v) is 16.2. The summed E-state index contributed by atoms with van der Waals surface area (Å²) < 4.78 is 78.4. The number of rotatable bonds is 5. The summed E-state index contributed by atoms with van der Waals surface area (Å²) in [4.78, 5) is 51.9. The Morgan fingerprint density at radius 1 is 0.840 bits per heavy atom. The number of aryl methyl sites for hydroxylation is 1. The lowest BCUT2D eigenvalue weighted by molar-refractivity contribution is -0.125. The SMILES string of the molecule is CCc1ccc(N2C(=O)C3CC=C4C(CC5(Cl)C(=O)N(c6c(F)c(F)c(F)c(F)c6F)C(=O)C5(Cl)C4c4ccc(OC)cc4O)C3C2=O)cc1. The molecule has 2 heterocycles. The van der Waals surface area contributed by atoms with Gasteiger partial charge in [-0.05, 0) is 48.9 Å². The molecule has 6 unspecified atom stereocenters. The van der Waals surface area contributed by atoms with E-state index in [1.165, 1.54) is 19.2 Å². The zero-order valence-electron chi connectivity index (χ0n) is 26.1. The third-order valence-electron chi connectivity index (χ3n) is 10.4. The maximum Gasteiger partial charge on any atom is 0.258 e. The lowest BCUT2D eigenvalue weighted by atomic mass is 9.56. The summed E-state index contributed by atoms with van der Waals surface area (Å²) >= 11 is 14.2. The minimum absolute atomic E-state index is 0.0379. The van der Waals surface area contributed by atoms with Crippen molar-refractivity contribution in [2.75, 3.05) is 16.9 Å². The van der Waals surface area contributed by atoms with Crippen molar-refractivity contribution in [1.29, 1.82) is 0 Å². The number of benzene rings is 3. The number of hydrogen-bond acceptors (Lipinski definition) is 6. The topological polar surface area (TPSA) is 104 Å². The molecule has 2 saturated heterocycles.